The minimum absolute atomic E-state index is 0.00902. The zero-order valence-corrected chi connectivity index (χ0v) is 23.1. The third-order valence-corrected chi connectivity index (χ3v) is 10.0. The van der Waals surface area contributed by atoms with E-state index in [1.54, 1.807) is 0 Å². The zero-order chi connectivity index (χ0) is 28.7. The Morgan fingerprint density at radius 2 is 1.75 bits per heavy atom. The van der Waals surface area contributed by atoms with Gasteiger partial charge in [0.25, 0.3) is 5.91 Å². The van der Waals surface area contributed by atoms with E-state index in [1.165, 1.54) is 34.6 Å². The number of piperidine rings is 1. The lowest BCUT2D eigenvalue weighted by molar-refractivity contribution is -0.146. The summed E-state index contributed by atoms with van der Waals surface area (Å²) in [6, 6.07) is 6.13. The van der Waals surface area contributed by atoms with E-state index >= 15 is 8.78 Å². The molecule has 0 aliphatic carbocycles. The van der Waals surface area contributed by atoms with Crippen molar-refractivity contribution in [3.63, 3.8) is 0 Å². The first kappa shape index (κ1) is 28.7. The molecule has 0 spiro atoms. The van der Waals surface area contributed by atoms with Gasteiger partial charge in [0.15, 0.2) is 17.4 Å². The lowest BCUT2D eigenvalue weighted by atomic mass is 9.95. The molecule has 0 saturated carbocycles. The second-order valence-corrected chi connectivity index (χ2v) is 12.6. The SMILES string of the molecule is O=C(CN1CCCCC1)N1CC2CCC(C(=O)NO)(C1)N2S(=O)(=O)c1cc(F)c(Oc2ccc(Cl)cc2)c(F)c1. The lowest BCUT2D eigenvalue weighted by Crippen LogP contribution is -2.69. The fourth-order valence-corrected chi connectivity index (χ4v) is 7.98. The summed E-state index contributed by atoms with van der Waals surface area (Å²) in [4.78, 5) is 28.9. The van der Waals surface area contributed by atoms with Crippen LogP contribution in [0.2, 0.25) is 5.02 Å². The highest BCUT2D eigenvalue weighted by Crippen LogP contribution is 2.44. The average Bonchev–Trinajstić information content (AvgIpc) is 3.19. The van der Waals surface area contributed by atoms with E-state index in [0.717, 1.165) is 36.7 Å². The van der Waals surface area contributed by atoms with Gasteiger partial charge in [0, 0.05) is 24.2 Å². The molecule has 2 aromatic rings. The van der Waals surface area contributed by atoms with E-state index in [4.69, 9.17) is 16.3 Å². The average molecular weight is 599 g/mol. The Morgan fingerprint density at radius 1 is 1.10 bits per heavy atom. The normalized spacial score (nSPS) is 23.7. The maximum Gasteiger partial charge on any atom is 0.266 e. The van der Waals surface area contributed by atoms with Gasteiger partial charge >= 0.3 is 0 Å². The number of carbonyl (C=O) groups excluding carboxylic acids is 2. The van der Waals surface area contributed by atoms with Crippen molar-refractivity contribution >= 4 is 33.4 Å². The van der Waals surface area contributed by atoms with Gasteiger partial charge < -0.3 is 9.64 Å². The third-order valence-electron chi connectivity index (χ3n) is 7.77. The molecular formula is C26H29ClF2N4O6S. The van der Waals surface area contributed by atoms with Crippen LogP contribution in [0.25, 0.3) is 0 Å². The Kier molecular flexibility index (Phi) is 8.03. The Hall–Kier alpha value is -2.84. The van der Waals surface area contributed by atoms with Crippen LogP contribution >= 0.6 is 11.6 Å². The molecule has 3 heterocycles. The molecule has 0 aromatic heterocycles. The first-order valence-corrected chi connectivity index (χ1v) is 14.8. The molecule has 3 saturated heterocycles. The van der Waals surface area contributed by atoms with E-state index in [2.05, 4.69) is 0 Å². The molecule has 2 atom stereocenters. The minimum atomic E-state index is -4.67. The van der Waals surface area contributed by atoms with Crippen LogP contribution in [0.15, 0.2) is 41.3 Å². The van der Waals surface area contributed by atoms with Crippen LogP contribution in [0.4, 0.5) is 8.78 Å². The molecule has 3 aliphatic rings. The molecule has 14 heteroatoms. The largest absolute Gasteiger partial charge is 0.451 e. The maximum atomic E-state index is 15.0. The Morgan fingerprint density at radius 3 is 2.38 bits per heavy atom. The fraction of sp³-hybridized carbons (Fsp3) is 0.462. The number of halogens is 3. The van der Waals surface area contributed by atoms with Gasteiger partial charge in [-0.2, -0.15) is 4.31 Å². The lowest BCUT2D eigenvalue weighted by Gasteiger charge is -2.46. The second kappa shape index (κ2) is 11.2. The zero-order valence-electron chi connectivity index (χ0n) is 21.5. The summed E-state index contributed by atoms with van der Waals surface area (Å²) in [5.41, 5.74) is -0.308. The van der Waals surface area contributed by atoms with Gasteiger partial charge in [-0.1, -0.05) is 18.0 Å². The van der Waals surface area contributed by atoms with Crippen molar-refractivity contribution in [2.24, 2.45) is 0 Å². The molecule has 40 heavy (non-hydrogen) atoms. The predicted molar refractivity (Wildman–Crippen MR) is 139 cm³/mol. The number of nitrogens with one attached hydrogen (secondary N) is 1. The summed E-state index contributed by atoms with van der Waals surface area (Å²) in [5, 5.41) is 9.93. The topological polar surface area (TPSA) is 119 Å². The molecule has 3 aliphatic heterocycles. The molecule has 2 unspecified atom stereocenters. The predicted octanol–water partition coefficient (Wildman–Crippen LogP) is 3.14. The van der Waals surface area contributed by atoms with Crippen molar-refractivity contribution in [1.82, 2.24) is 19.6 Å². The smallest absolute Gasteiger partial charge is 0.266 e. The number of hydrogen-bond acceptors (Lipinski definition) is 7. The van der Waals surface area contributed by atoms with E-state index in [1.807, 2.05) is 4.90 Å². The van der Waals surface area contributed by atoms with Crippen LogP contribution in [-0.2, 0) is 19.6 Å². The molecule has 3 fully saturated rings. The summed E-state index contributed by atoms with van der Waals surface area (Å²) in [6.45, 7) is 1.41. The van der Waals surface area contributed by atoms with Gasteiger partial charge in [0.2, 0.25) is 15.9 Å². The number of likely N-dealkylation sites (tertiary alicyclic amines) is 2. The summed E-state index contributed by atoms with van der Waals surface area (Å²) >= 11 is 5.82. The summed E-state index contributed by atoms with van der Waals surface area (Å²) in [5.74, 6) is -4.52. The second-order valence-electron chi connectivity index (χ2n) is 10.3. The van der Waals surface area contributed by atoms with Crippen molar-refractivity contribution in [1.29, 1.82) is 0 Å². The van der Waals surface area contributed by atoms with Gasteiger partial charge in [-0.15, -0.1) is 0 Å². The van der Waals surface area contributed by atoms with Crippen LogP contribution in [0, 0.1) is 11.6 Å². The minimum Gasteiger partial charge on any atom is -0.451 e. The monoisotopic (exact) mass is 598 g/mol. The number of sulfonamides is 1. The van der Waals surface area contributed by atoms with Crippen molar-refractivity contribution in [3.8, 4) is 11.5 Å². The van der Waals surface area contributed by atoms with Crippen LogP contribution in [0.3, 0.4) is 0 Å². The number of benzene rings is 2. The van der Waals surface area contributed by atoms with Crippen molar-refractivity contribution in [2.75, 3.05) is 32.7 Å². The fourth-order valence-electron chi connectivity index (χ4n) is 5.86. The molecule has 2 aromatic carbocycles. The molecule has 0 radical (unpaired) electrons. The number of hydrogen-bond donors (Lipinski definition) is 2. The first-order chi connectivity index (χ1) is 19.0. The number of fused-ring (bicyclic) bond motifs is 2. The molecule has 216 valence electrons. The summed E-state index contributed by atoms with van der Waals surface area (Å²) in [6.07, 6.45) is 3.28. The maximum absolute atomic E-state index is 15.0. The molecule has 5 rings (SSSR count). The Balaban J connectivity index is 1.43. The third kappa shape index (κ3) is 5.28. The molecular weight excluding hydrogens is 570 g/mol. The summed E-state index contributed by atoms with van der Waals surface area (Å²) < 4.78 is 63.9. The highest BCUT2D eigenvalue weighted by molar-refractivity contribution is 7.89. The van der Waals surface area contributed by atoms with Crippen LogP contribution in [0.1, 0.15) is 32.1 Å². The first-order valence-electron chi connectivity index (χ1n) is 13.0. The number of piperazine rings is 1. The van der Waals surface area contributed by atoms with Crippen LogP contribution < -0.4 is 10.2 Å². The van der Waals surface area contributed by atoms with Gasteiger partial charge in [0.1, 0.15) is 11.3 Å². The summed E-state index contributed by atoms with van der Waals surface area (Å²) in [7, 11) is -4.67. The van der Waals surface area contributed by atoms with Crippen molar-refractivity contribution in [3.05, 3.63) is 53.1 Å². The highest BCUT2D eigenvalue weighted by atomic mass is 35.5. The number of nitrogens with zero attached hydrogens (tertiary/aromatic N) is 3. The number of ether oxygens (including phenoxy) is 1. The van der Waals surface area contributed by atoms with E-state index < -0.39 is 49.8 Å². The van der Waals surface area contributed by atoms with Crippen molar-refractivity contribution in [2.45, 2.75) is 48.6 Å². The van der Waals surface area contributed by atoms with Gasteiger partial charge in [-0.25, -0.2) is 22.7 Å². The van der Waals surface area contributed by atoms with E-state index in [9.17, 15) is 23.2 Å². The number of carbonyl (C=O) groups is 2. The standard InChI is InChI=1S/C26H29ClF2N4O6S/c27-17-4-6-19(7-5-17)39-24-21(28)12-20(13-22(24)29)40(37,38)33-18-8-9-26(33,25(35)30-36)16-32(14-18)23(34)15-31-10-2-1-3-11-31/h4-7,12-13,18,36H,1-3,8-11,14-16H2,(H,30,35). The van der Waals surface area contributed by atoms with E-state index in [-0.39, 0.29) is 44.1 Å². The quantitative estimate of drug-likeness (QED) is 0.371. The number of amides is 2. The Bertz CT molecular complexity index is 1380. The van der Waals surface area contributed by atoms with Crippen LogP contribution in [0.5, 0.6) is 11.5 Å². The number of hydroxylamine groups is 1. The van der Waals surface area contributed by atoms with Gasteiger partial charge in [0.05, 0.1) is 11.4 Å². The van der Waals surface area contributed by atoms with Gasteiger partial charge in [-0.3, -0.25) is 19.7 Å². The highest BCUT2D eigenvalue weighted by Gasteiger charge is 2.61. The van der Waals surface area contributed by atoms with E-state index in [0.29, 0.717) is 17.2 Å². The van der Waals surface area contributed by atoms with Gasteiger partial charge in [-0.05, 0) is 75.2 Å². The molecule has 2 N–H and O–H groups in total. The van der Waals surface area contributed by atoms with Crippen LogP contribution in [-0.4, -0.2) is 83.8 Å². The molecule has 2 amide bonds. The molecule has 10 nitrogen and oxygen atoms in total. The Labute approximate surface area is 235 Å². The number of rotatable bonds is 7. The van der Waals surface area contributed by atoms with Crippen molar-refractivity contribution < 1.29 is 36.7 Å². The molecule has 2 bridgehead atoms.